The summed E-state index contributed by atoms with van der Waals surface area (Å²) in [5, 5.41) is 0. The average molecular weight is 467 g/mol. The zero-order valence-electron chi connectivity index (χ0n) is 19.2. The van der Waals surface area contributed by atoms with Crippen molar-refractivity contribution in [1.82, 2.24) is 9.47 Å². The van der Waals surface area contributed by atoms with Gasteiger partial charge in [0, 0.05) is 31.8 Å². The van der Waals surface area contributed by atoms with E-state index in [0.29, 0.717) is 26.3 Å². The molecule has 3 rings (SSSR count). The van der Waals surface area contributed by atoms with Gasteiger partial charge < -0.3 is 14.4 Å². The minimum atomic E-state index is -0.332. The molecule has 8 heteroatoms. The first-order valence-electron chi connectivity index (χ1n) is 10.2. The number of methoxy groups -OCH3 is 2. The summed E-state index contributed by atoms with van der Waals surface area (Å²) >= 11 is 1.17. The van der Waals surface area contributed by atoms with Gasteiger partial charge in [-0.05, 0) is 30.7 Å². The third-order valence-electron chi connectivity index (χ3n) is 4.99. The lowest BCUT2D eigenvalue weighted by molar-refractivity contribution is -0.129. The molecule has 0 unspecified atom stereocenters. The number of aromatic nitrogens is 1. The van der Waals surface area contributed by atoms with Gasteiger partial charge in [-0.3, -0.25) is 19.0 Å². The van der Waals surface area contributed by atoms with Gasteiger partial charge in [-0.15, -0.1) is 11.3 Å². The van der Waals surface area contributed by atoms with Crippen molar-refractivity contribution in [2.75, 3.05) is 28.3 Å². The number of nitrogens with zero attached hydrogens (tertiary/aromatic N) is 2. The highest BCUT2D eigenvalue weighted by Crippen LogP contribution is 2.23. The van der Waals surface area contributed by atoms with Crippen molar-refractivity contribution in [1.29, 1.82) is 0 Å². The Morgan fingerprint density at radius 2 is 1.64 bits per heavy atom. The molecule has 0 N–H and O–H groups in total. The van der Waals surface area contributed by atoms with Crippen LogP contribution in [0.3, 0.4) is 0 Å². The van der Waals surface area contributed by atoms with Crippen molar-refractivity contribution in [2.45, 2.75) is 13.5 Å². The highest BCUT2D eigenvalue weighted by molar-refractivity contribution is 7.07. The summed E-state index contributed by atoms with van der Waals surface area (Å²) in [5.74, 6) is 0.375. The van der Waals surface area contributed by atoms with E-state index in [9.17, 15) is 14.4 Å². The summed E-state index contributed by atoms with van der Waals surface area (Å²) in [6.45, 7) is 1.83. The second-order valence-corrected chi connectivity index (χ2v) is 8.71. The second-order valence-electron chi connectivity index (χ2n) is 7.65. The van der Waals surface area contributed by atoms with Crippen molar-refractivity contribution in [3.05, 3.63) is 78.7 Å². The number of hydrogen-bond acceptors (Lipinski definition) is 6. The Balaban J connectivity index is 2.16. The number of thiazole rings is 1. The fourth-order valence-corrected chi connectivity index (χ4v) is 4.07. The number of carbonyl (C=O) groups is 2. The van der Waals surface area contributed by atoms with Gasteiger partial charge in [-0.1, -0.05) is 29.8 Å². The molecule has 1 aromatic heterocycles. The van der Waals surface area contributed by atoms with Crippen LogP contribution in [0.15, 0.2) is 47.3 Å². The summed E-state index contributed by atoms with van der Waals surface area (Å²) in [5.41, 5.74) is 2.00. The number of benzene rings is 2. The van der Waals surface area contributed by atoms with Crippen LogP contribution in [0.4, 0.5) is 0 Å². The van der Waals surface area contributed by atoms with Crippen molar-refractivity contribution in [2.24, 2.45) is 0 Å². The number of ketones is 1. The lowest BCUT2D eigenvalue weighted by Gasteiger charge is -2.10. The largest absolute Gasteiger partial charge is 0.497 e. The molecule has 7 nitrogen and oxygen atoms in total. The molecule has 0 atom stereocenters. The normalized spacial score (nSPS) is 12.0. The number of carbonyl (C=O) groups excluding carboxylic acids is 2. The summed E-state index contributed by atoms with van der Waals surface area (Å²) < 4.78 is 12.7. The Labute approximate surface area is 195 Å². The number of hydrogen-bond donors (Lipinski definition) is 0. The molecule has 0 saturated heterocycles. The van der Waals surface area contributed by atoms with Gasteiger partial charge in [0.15, 0.2) is 5.78 Å². The maximum Gasteiger partial charge on any atom is 0.269 e. The Morgan fingerprint density at radius 3 is 2.18 bits per heavy atom. The van der Waals surface area contributed by atoms with Crippen LogP contribution in [-0.4, -0.2) is 49.5 Å². The van der Waals surface area contributed by atoms with Crippen molar-refractivity contribution < 1.29 is 19.1 Å². The molecule has 0 aliphatic rings. The first kappa shape index (κ1) is 24.0. The van der Waals surface area contributed by atoms with Crippen molar-refractivity contribution >= 4 is 35.2 Å². The molecule has 3 aromatic rings. The first-order valence-corrected chi connectivity index (χ1v) is 11.0. The second kappa shape index (κ2) is 10.3. The van der Waals surface area contributed by atoms with Gasteiger partial charge in [0.05, 0.1) is 18.8 Å². The van der Waals surface area contributed by atoms with Gasteiger partial charge in [0.25, 0.3) is 5.56 Å². The summed E-state index contributed by atoms with van der Waals surface area (Å²) in [7, 11) is 6.25. The third-order valence-corrected chi connectivity index (χ3v) is 6.05. The molecular weight excluding hydrogens is 440 g/mol. The van der Waals surface area contributed by atoms with Gasteiger partial charge in [0.1, 0.15) is 22.7 Å². The molecule has 0 spiro atoms. The van der Waals surface area contributed by atoms with Crippen LogP contribution in [0.5, 0.6) is 11.5 Å². The number of Topliss-reactive ketones (excluding diaryl/α,β-unsaturated/α-hetero) is 1. The fraction of sp³-hybridized carbons (Fsp3) is 0.240. The average Bonchev–Trinajstić information content (AvgIpc) is 3.08. The SMILES string of the molecule is COc1cc(OC)cc(C(=O)C=c2sc(=Cc3ccc(C)cc3)c(=O)n2CC(=O)N(C)C)c1. The maximum absolute atomic E-state index is 13.1. The zero-order chi connectivity index (χ0) is 24.1. The summed E-state index contributed by atoms with van der Waals surface area (Å²) in [6.07, 6.45) is 3.13. The highest BCUT2D eigenvalue weighted by Gasteiger charge is 2.14. The predicted octanol–water partition coefficient (Wildman–Crippen LogP) is 1.82. The van der Waals surface area contributed by atoms with E-state index < -0.39 is 0 Å². The molecule has 0 saturated carbocycles. The number of rotatable bonds is 7. The van der Waals surface area contributed by atoms with E-state index in [2.05, 4.69) is 0 Å². The van der Waals surface area contributed by atoms with E-state index in [-0.39, 0.29) is 23.8 Å². The van der Waals surface area contributed by atoms with Crippen molar-refractivity contribution in [3.63, 3.8) is 0 Å². The van der Waals surface area contributed by atoms with Crippen LogP contribution in [0.1, 0.15) is 21.5 Å². The van der Waals surface area contributed by atoms with E-state index in [0.717, 1.165) is 11.1 Å². The lowest BCUT2D eigenvalue weighted by Crippen LogP contribution is -2.37. The molecule has 1 heterocycles. The zero-order valence-corrected chi connectivity index (χ0v) is 20.1. The van der Waals surface area contributed by atoms with Gasteiger partial charge in [-0.25, -0.2) is 0 Å². The maximum atomic E-state index is 13.1. The number of likely N-dealkylation sites (N-methyl/N-ethyl adjacent to an activating group) is 1. The predicted molar refractivity (Wildman–Crippen MR) is 130 cm³/mol. The Hall–Kier alpha value is -3.65. The monoisotopic (exact) mass is 466 g/mol. The third kappa shape index (κ3) is 5.78. The van der Waals surface area contributed by atoms with E-state index in [1.807, 2.05) is 31.2 Å². The molecule has 172 valence electrons. The summed E-state index contributed by atoms with van der Waals surface area (Å²) in [6, 6.07) is 12.6. The van der Waals surface area contributed by atoms with E-state index in [1.165, 1.54) is 41.1 Å². The van der Waals surface area contributed by atoms with E-state index in [4.69, 9.17) is 9.47 Å². The lowest BCUT2D eigenvalue weighted by atomic mass is 10.1. The standard InChI is InChI=1S/C25H26N2O5S/c1-16-6-8-17(9-7-16)10-22-25(30)27(15-23(29)26(2)3)24(33-22)14-21(28)18-11-19(31-4)13-20(12-18)32-5/h6-14H,15H2,1-5H3. The molecule has 0 radical (unpaired) electrons. The van der Waals surface area contributed by atoms with Crippen LogP contribution in [-0.2, 0) is 11.3 Å². The van der Waals surface area contributed by atoms with Gasteiger partial charge >= 0.3 is 0 Å². The first-order chi connectivity index (χ1) is 15.7. The smallest absolute Gasteiger partial charge is 0.269 e. The van der Waals surface area contributed by atoms with E-state index >= 15 is 0 Å². The highest BCUT2D eigenvalue weighted by atomic mass is 32.1. The number of ether oxygens (including phenoxy) is 2. The van der Waals surface area contributed by atoms with Gasteiger partial charge in [0.2, 0.25) is 5.91 Å². The Bertz CT molecular complexity index is 1330. The number of aryl methyl sites for hydroxylation is 1. The van der Waals surface area contributed by atoms with E-state index in [1.54, 1.807) is 38.4 Å². The molecule has 33 heavy (non-hydrogen) atoms. The molecule has 2 aromatic carbocycles. The van der Waals surface area contributed by atoms with Crippen LogP contribution in [0.2, 0.25) is 0 Å². The van der Waals surface area contributed by atoms with Gasteiger partial charge in [-0.2, -0.15) is 0 Å². The molecule has 0 aliphatic carbocycles. The quantitative estimate of drug-likeness (QED) is 0.497. The topological polar surface area (TPSA) is 77.8 Å². The molecule has 0 fully saturated rings. The Morgan fingerprint density at radius 1 is 1.03 bits per heavy atom. The minimum absolute atomic E-state index is 0.162. The molecule has 1 amide bonds. The van der Waals surface area contributed by atoms with Crippen LogP contribution in [0, 0.1) is 6.92 Å². The Kier molecular flexibility index (Phi) is 7.50. The molecule has 0 bridgehead atoms. The number of amides is 1. The minimum Gasteiger partial charge on any atom is -0.497 e. The van der Waals surface area contributed by atoms with Crippen LogP contribution < -0.4 is 24.2 Å². The van der Waals surface area contributed by atoms with Crippen LogP contribution in [0.25, 0.3) is 12.2 Å². The molecule has 0 aliphatic heterocycles. The van der Waals surface area contributed by atoms with Crippen LogP contribution >= 0.6 is 11.3 Å². The fourth-order valence-electron chi connectivity index (χ4n) is 3.03. The molecular formula is C25H26N2O5S. The van der Waals surface area contributed by atoms with Crippen molar-refractivity contribution in [3.8, 4) is 11.5 Å². The summed E-state index contributed by atoms with van der Waals surface area (Å²) in [4.78, 5) is 40.0.